The van der Waals surface area contributed by atoms with Crippen LogP contribution in [0.5, 0.6) is 0 Å². The van der Waals surface area contributed by atoms with E-state index in [0.29, 0.717) is 17.9 Å². The van der Waals surface area contributed by atoms with Gasteiger partial charge in [0.05, 0.1) is 12.2 Å². The SMILES string of the molecule is CCCN(C)c1cc(CC)nc(SCc2cccc(C(=O)NCc3ccccn3)c2)n1. The zero-order valence-corrected chi connectivity index (χ0v) is 19.2. The Morgan fingerprint density at radius 2 is 1.94 bits per heavy atom. The summed E-state index contributed by atoms with van der Waals surface area (Å²) in [4.78, 5) is 28.3. The quantitative estimate of drug-likeness (QED) is 0.373. The Bertz CT molecular complexity index is 996. The molecule has 31 heavy (non-hydrogen) atoms. The van der Waals surface area contributed by atoms with E-state index in [1.54, 1.807) is 18.0 Å². The van der Waals surface area contributed by atoms with Crippen molar-refractivity contribution in [3.05, 3.63) is 77.2 Å². The molecular weight excluding hydrogens is 406 g/mol. The molecule has 3 aromatic rings. The predicted octanol–water partition coefficient (Wildman–Crippen LogP) is 4.50. The number of rotatable bonds is 10. The summed E-state index contributed by atoms with van der Waals surface area (Å²) in [5.41, 5.74) is 3.57. The summed E-state index contributed by atoms with van der Waals surface area (Å²) in [6.07, 6.45) is 3.66. The molecule has 0 saturated carbocycles. The summed E-state index contributed by atoms with van der Waals surface area (Å²) < 4.78 is 0. The lowest BCUT2D eigenvalue weighted by molar-refractivity contribution is 0.0950. The second-order valence-corrected chi connectivity index (χ2v) is 8.21. The number of carbonyl (C=O) groups is 1. The van der Waals surface area contributed by atoms with Crippen LogP contribution in [0, 0.1) is 0 Å². The van der Waals surface area contributed by atoms with E-state index >= 15 is 0 Å². The first-order valence-corrected chi connectivity index (χ1v) is 11.6. The Labute approximate surface area is 188 Å². The summed E-state index contributed by atoms with van der Waals surface area (Å²) in [6.45, 7) is 5.63. The molecule has 0 atom stereocenters. The normalized spacial score (nSPS) is 10.7. The minimum atomic E-state index is -0.106. The molecule has 0 bridgehead atoms. The Morgan fingerprint density at radius 3 is 2.68 bits per heavy atom. The first kappa shape index (κ1) is 22.7. The Kier molecular flexibility index (Phi) is 8.41. The van der Waals surface area contributed by atoms with Crippen molar-refractivity contribution in [1.82, 2.24) is 20.3 Å². The Hall–Kier alpha value is -2.93. The number of anilines is 1. The van der Waals surface area contributed by atoms with Crippen LogP contribution in [-0.2, 0) is 18.7 Å². The van der Waals surface area contributed by atoms with E-state index in [-0.39, 0.29) is 5.91 Å². The second-order valence-electron chi connectivity index (χ2n) is 7.27. The van der Waals surface area contributed by atoms with Gasteiger partial charge in [0.1, 0.15) is 5.82 Å². The maximum atomic E-state index is 12.5. The van der Waals surface area contributed by atoms with Crippen LogP contribution < -0.4 is 10.2 Å². The van der Waals surface area contributed by atoms with Gasteiger partial charge < -0.3 is 10.2 Å². The van der Waals surface area contributed by atoms with Gasteiger partial charge in [0.15, 0.2) is 5.16 Å². The van der Waals surface area contributed by atoms with E-state index in [1.807, 2.05) is 42.5 Å². The van der Waals surface area contributed by atoms with Gasteiger partial charge in [-0.15, -0.1) is 0 Å². The van der Waals surface area contributed by atoms with Crippen LogP contribution >= 0.6 is 11.8 Å². The van der Waals surface area contributed by atoms with Crippen molar-refractivity contribution in [2.45, 2.75) is 44.1 Å². The van der Waals surface area contributed by atoms with Crippen molar-refractivity contribution in [2.75, 3.05) is 18.5 Å². The molecule has 1 N–H and O–H groups in total. The summed E-state index contributed by atoms with van der Waals surface area (Å²) in [5, 5.41) is 3.69. The zero-order valence-electron chi connectivity index (χ0n) is 18.3. The van der Waals surface area contributed by atoms with Crippen LogP contribution in [0.15, 0.2) is 59.9 Å². The minimum Gasteiger partial charge on any atom is -0.360 e. The number of thioether (sulfide) groups is 1. The molecule has 1 aromatic carbocycles. The van der Waals surface area contributed by atoms with E-state index in [1.165, 1.54) is 0 Å². The average molecular weight is 436 g/mol. The molecule has 2 aromatic heterocycles. The van der Waals surface area contributed by atoms with Gasteiger partial charge in [-0.2, -0.15) is 0 Å². The number of aryl methyl sites for hydroxylation is 1. The number of aromatic nitrogens is 3. The van der Waals surface area contributed by atoms with Crippen LogP contribution in [0.25, 0.3) is 0 Å². The number of amides is 1. The molecule has 0 aliphatic carbocycles. The maximum absolute atomic E-state index is 12.5. The monoisotopic (exact) mass is 435 g/mol. The highest BCUT2D eigenvalue weighted by Crippen LogP contribution is 2.23. The molecule has 0 fully saturated rings. The van der Waals surface area contributed by atoms with Crippen LogP contribution in [-0.4, -0.2) is 34.5 Å². The summed E-state index contributed by atoms with van der Waals surface area (Å²) in [6, 6.07) is 15.4. The van der Waals surface area contributed by atoms with Gasteiger partial charge in [-0.05, 0) is 42.7 Å². The minimum absolute atomic E-state index is 0.106. The number of nitrogens with one attached hydrogen (secondary N) is 1. The van der Waals surface area contributed by atoms with Crippen molar-refractivity contribution in [1.29, 1.82) is 0 Å². The second kappa shape index (κ2) is 11.5. The number of benzene rings is 1. The third kappa shape index (κ3) is 6.79. The number of hydrogen-bond acceptors (Lipinski definition) is 6. The van der Waals surface area contributed by atoms with E-state index < -0.39 is 0 Å². The maximum Gasteiger partial charge on any atom is 0.251 e. The molecule has 3 rings (SSSR count). The number of carbonyl (C=O) groups excluding carboxylic acids is 1. The fourth-order valence-corrected chi connectivity index (χ4v) is 3.89. The van der Waals surface area contributed by atoms with Crippen molar-refractivity contribution >= 4 is 23.5 Å². The lowest BCUT2D eigenvalue weighted by Gasteiger charge is -2.18. The zero-order chi connectivity index (χ0) is 22.1. The molecule has 0 saturated heterocycles. The van der Waals surface area contributed by atoms with E-state index in [9.17, 15) is 4.79 Å². The lowest BCUT2D eigenvalue weighted by atomic mass is 10.1. The Balaban J connectivity index is 1.64. The standard InChI is InChI=1S/C24H29N5OS/c1-4-13-29(3)22-15-20(5-2)27-24(28-22)31-17-18-9-8-10-19(14-18)23(30)26-16-21-11-6-7-12-25-21/h6-12,14-15H,4-5,13,16-17H2,1-3H3,(H,26,30). The smallest absolute Gasteiger partial charge is 0.251 e. The molecule has 7 heteroatoms. The average Bonchev–Trinajstić information content (AvgIpc) is 2.82. The van der Waals surface area contributed by atoms with Gasteiger partial charge in [-0.1, -0.05) is 43.8 Å². The van der Waals surface area contributed by atoms with E-state index in [0.717, 1.165) is 47.3 Å². The number of hydrogen-bond donors (Lipinski definition) is 1. The van der Waals surface area contributed by atoms with Crippen molar-refractivity contribution in [3.63, 3.8) is 0 Å². The molecule has 2 heterocycles. The highest BCUT2D eigenvalue weighted by Gasteiger charge is 2.10. The molecule has 6 nitrogen and oxygen atoms in total. The summed E-state index contributed by atoms with van der Waals surface area (Å²) in [7, 11) is 2.06. The van der Waals surface area contributed by atoms with E-state index in [4.69, 9.17) is 4.98 Å². The van der Waals surface area contributed by atoms with Gasteiger partial charge in [0.25, 0.3) is 5.91 Å². The fourth-order valence-electron chi connectivity index (χ4n) is 3.08. The topological polar surface area (TPSA) is 71.0 Å². The van der Waals surface area contributed by atoms with Gasteiger partial charge in [-0.25, -0.2) is 9.97 Å². The number of nitrogens with zero attached hydrogens (tertiary/aromatic N) is 4. The molecule has 0 aliphatic heterocycles. The first-order chi connectivity index (χ1) is 15.1. The van der Waals surface area contributed by atoms with Gasteiger partial charge in [0, 0.05) is 42.9 Å². The van der Waals surface area contributed by atoms with E-state index in [2.05, 4.69) is 47.1 Å². The number of pyridine rings is 1. The third-order valence-corrected chi connectivity index (χ3v) is 5.69. The molecular formula is C24H29N5OS. The van der Waals surface area contributed by atoms with Gasteiger partial charge >= 0.3 is 0 Å². The van der Waals surface area contributed by atoms with Crippen molar-refractivity contribution in [2.24, 2.45) is 0 Å². The van der Waals surface area contributed by atoms with Gasteiger partial charge in [0.2, 0.25) is 0 Å². The lowest BCUT2D eigenvalue weighted by Crippen LogP contribution is -2.23. The first-order valence-electron chi connectivity index (χ1n) is 10.6. The fraction of sp³-hybridized carbons (Fsp3) is 0.333. The molecule has 0 aliphatic rings. The molecule has 0 spiro atoms. The highest BCUT2D eigenvalue weighted by molar-refractivity contribution is 7.98. The van der Waals surface area contributed by atoms with Crippen molar-refractivity contribution < 1.29 is 4.79 Å². The summed E-state index contributed by atoms with van der Waals surface area (Å²) in [5.74, 6) is 1.55. The van der Waals surface area contributed by atoms with Crippen LogP contribution in [0.2, 0.25) is 0 Å². The van der Waals surface area contributed by atoms with Crippen LogP contribution in [0.3, 0.4) is 0 Å². The molecule has 162 valence electrons. The predicted molar refractivity (Wildman–Crippen MR) is 126 cm³/mol. The largest absolute Gasteiger partial charge is 0.360 e. The molecule has 1 amide bonds. The van der Waals surface area contributed by atoms with Crippen LogP contribution in [0.1, 0.15) is 47.6 Å². The summed E-state index contributed by atoms with van der Waals surface area (Å²) >= 11 is 1.59. The van der Waals surface area contributed by atoms with Crippen LogP contribution in [0.4, 0.5) is 5.82 Å². The van der Waals surface area contributed by atoms with Crippen molar-refractivity contribution in [3.8, 4) is 0 Å². The Morgan fingerprint density at radius 1 is 1.06 bits per heavy atom. The highest BCUT2D eigenvalue weighted by atomic mass is 32.2. The third-order valence-electron chi connectivity index (χ3n) is 4.77. The molecule has 0 radical (unpaired) electrons. The molecule has 0 unspecified atom stereocenters. The van der Waals surface area contributed by atoms with Gasteiger partial charge in [-0.3, -0.25) is 9.78 Å².